The van der Waals surface area contributed by atoms with E-state index in [1.165, 1.54) is 48.7 Å². The zero-order valence-corrected chi connectivity index (χ0v) is 34.8. The highest BCUT2D eigenvalue weighted by Crippen LogP contribution is 2.63. The van der Waals surface area contributed by atoms with Crippen molar-refractivity contribution >= 4 is 33.7 Å². The Morgan fingerprint density at radius 3 is 1.62 bits per heavy atom. The van der Waals surface area contributed by atoms with Crippen LogP contribution in [0.4, 0.5) is 0 Å². The van der Waals surface area contributed by atoms with Crippen molar-refractivity contribution in [2.24, 2.45) is 0 Å². The van der Waals surface area contributed by atoms with E-state index >= 15 is 0 Å². The zero-order chi connectivity index (χ0) is 41.5. The smallest absolute Gasteiger partial charge is 0.160 e. The quantitative estimate of drug-likeness (QED) is 0.173. The first-order chi connectivity index (χ1) is 31.2. The van der Waals surface area contributed by atoms with Gasteiger partial charge in [0, 0.05) is 42.8 Å². The molecule has 1 spiro atoms. The van der Waals surface area contributed by atoms with Crippen LogP contribution in [-0.2, 0) is 5.41 Å². The normalized spacial score (nSPS) is 13.1. The second kappa shape index (κ2) is 14.1. The predicted molar refractivity (Wildman–Crippen MR) is 258 cm³/mol. The number of hydrogen-bond donors (Lipinski definition) is 0. The average Bonchev–Trinajstić information content (AvgIpc) is 3.89. The van der Waals surface area contributed by atoms with Crippen molar-refractivity contribution in [3.05, 3.63) is 241 Å². The van der Waals surface area contributed by atoms with E-state index in [9.17, 15) is 0 Å². The lowest BCUT2D eigenvalue weighted by atomic mass is 9.66. The number of hydrogen-bond acceptors (Lipinski definition) is 4. The first-order valence-electron chi connectivity index (χ1n) is 21.4. The number of para-hydroxylation sites is 2. The van der Waals surface area contributed by atoms with Gasteiger partial charge in [0.25, 0.3) is 0 Å². The Hall–Kier alpha value is -7.79. The summed E-state index contributed by atoms with van der Waals surface area (Å²) in [6.45, 7) is 0. The molecule has 0 unspecified atom stereocenters. The van der Waals surface area contributed by atoms with Crippen molar-refractivity contribution in [3.63, 3.8) is 0 Å². The molecule has 9 aromatic carbocycles. The first-order valence-corrected chi connectivity index (χ1v) is 22.2. The van der Waals surface area contributed by atoms with Gasteiger partial charge in [0.15, 0.2) is 5.82 Å². The minimum atomic E-state index is -0.463. The third kappa shape index (κ3) is 5.48. The molecule has 63 heavy (non-hydrogen) atoms. The lowest BCUT2D eigenvalue weighted by molar-refractivity contribution is 0.670. The molecule has 0 radical (unpaired) electrons. The molecule has 3 nitrogen and oxygen atoms in total. The molecular weight excluding hydrogens is 785 g/mol. The van der Waals surface area contributed by atoms with E-state index in [0.717, 1.165) is 66.7 Å². The summed E-state index contributed by atoms with van der Waals surface area (Å²) in [5.74, 6) is 0.684. The summed E-state index contributed by atoms with van der Waals surface area (Å²) in [5.41, 5.74) is 18.6. The van der Waals surface area contributed by atoms with Gasteiger partial charge in [-0.2, -0.15) is 0 Å². The molecule has 2 aromatic heterocycles. The Bertz CT molecular complexity index is 3540. The Morgan fingerprint density at radius 1 is 0.365 bits per heavy atom. The highest BCUT2D eigenvalue weighted by atomic mass is 32.2. The third-order valence-electron chi connectivity index (χ3n) is 13.0. The van der Waals surface area contributed by atoms with Gasteiger partial charge in [-0.05, 0) is 74.3 Å². The molecule has 3 heterocycles. The van der Waals surface area contributed by atoms with Crippen LogP contribution in [0.1, 0.15) is 22.3 Å². The monoisotopic (exact) mass is 820 g/mol. The molecule has 0 bridgehead atoms. The van der Waals surface area contributed by atoms with Crippen LogP contribution < -0.4 is 0 Å². The molecule has 0 saturated heterocycles. The fourth-order valence-electron chi connectivity index (χ4n) is 10.2. The summed E-state index contributed by atoms with van der Waals surface area (Å²) in [4.78, 5) is 13.1. The summed E-state index contributed by atoms with van der Waals surface area (Å²) in [5, 5.41) is 2.25. The fourth-order valence-corrected chi connectivity index (χ4v) is 11.4. The summed E-state index contributed by atoms with van der Waals surface area (Å²) < 4.78 is 6.39. The third-order valence-corrected chi connectivity index (χ3v) is 14.2. The van der Waals surface area contributed by atoms with Crippen molar-refractivity contribution in [2.45, 2.75) is 15.2 Å². The van der Waals surface area contributed by atoms with E-state index in [4.69, 9.17) is 14.4 Å². The minimum absolute atomic E-state index is 0.463. The second-order valence-corrected chi connectivity index (χ2v) is 17.5. The number of benzene rings is 9. The van der Waals surface area contributed by atoms with Gasteiger partial charge in [-0.3, -0.25) is 0 Å². The highest BCUT2D eigenvalue weighted by Gasteiger charge is 2.51. The van der Waals surface area contributed by atoms with Crippen LogP contribution in [0.15, 0.2) is 233 Å². The van der Waals surface area contributed by atoms with E-state index < -0.39 is 5.41 Å². The van der Waals surface area contributed by atoms with Crippen molar-refractivity contribution in [1.29, 1.82) is 0 Å². The fraction of sp³-hybridized carbons (Fsp3) is 0.0169. The average molecular weight is 821 g/mol. The van der Waals surface area contributed by atoms with Crippen molar-refractivity contribution in [1.82, 2.24) is 9.97 Å². The zero-order valence-electron chi connectivity index (χ0n) is 34.0. The van der Waals surface area contributed by atoms with Gasteiger partial charge in [-0.1, -0.05) is 206 Å². The van der Waals surface area contributed by atoms with E-state index in [1.807, 2.05) is 30.0 Å². The molecule has 0 fully saturated rings. The molecular formula is C59H36N2OS. The maximum absolute atomic E-state index is 6.39. The SMILES string of the molecule is c1ccc(-c2cc(-c3ccc(-c4cccc5c4oc4ccccc45)cc3)nc(-c3ccc(-c4cccc5c4C4(c6ccccc6Sc6ccccc64)c4ccccc4-5)cc3)n2)cc1. The van der Waals surface area contributed by atoms with Crippen molar-refractivity contribution < 1.29 is 4.42 Å². The molecule has 13 rings (SSSR count). The Kier molecular flexibility index (Phi) is 8.06. The van der Waals surface area contributed by atoms with Crippen LogP contribution in [0.5, 0.6) is 0 Å². The van der Waals surface area contributed by atoms with Gasteiger partial charge < -0.3 is 4.42 Å². The first kappa shape index (κ1) is 35.9. The van der Waals surface area contributed by atoms with Crippen LogP contribution >= 0.6 is 11.8 Å². The topological polar surface area (TPSA) is 38.9 Å². The minimum Gasteiger partial charge on any atom is -0.455 e. The standard InChI is InChI=1S/C59H36N2OS/c1-2-14-39(15-3-1)51-36-52(40-32-28-38(29-33-40)43-19-13-21-47-45-17-5-9-25-53(45)62-57(43)47)61-58(60-51)41-34-30-37(31-35-41)42-18-12-20-46-44-16-4-6-22-48(44)59(56(42)46)49-23-7-10-26-54(49)63-55-27-11-8-24-50(55)59/h1-36H. The number of nitrogens with zero attached hydrogens (tertiary/aromatic N) is 2. The second-order valence-electron chi connectivity index (χ2n) is 16.4. The van der Waals surface area contributed by atoms with Gasteiger partial charge in [0.1, 0.15) is 11.2 Å². The van der Waals surface area contributed by atoms with Crippen molar-refractivity contribution in [3.8, 4) is 67.3 Å². The molecule has 0 atom stereocenters. The van der Waals surface area contributed by atoms with Gasteiger partial charge >= 0.3 is 0 Å². The molecule has 294 valence electrons. The Balaban J connectivity index is 0.925. The van der Waals surface area contributed by atoms with Gasteiger partial charge in [-0.15, -0.1) is 0 Å². The summed E-state index contributed by atoms with van der Waals surface area (Å²) in [6, 6.07) is 78.4. The predicted octanol–water partition coefficient (Wildman–Crippen LogP) is 15.5. The number of aromatic nitrogens is 2. The molecule has 11 aromatic rings. The highest BCUT2D eigenvalue weighted by molar-refractivity contribution is 7.99. The lowest BCUT2D eigenvalue weighted by Crippen LogP contribution is -2.32. The molecule has 1 aliphatic carbocycles. The molecule has 0 saturated carbocycles. The number of furan rings is 1. The summed E-state index contributed by atoms with van der Waals surface area (Å²) >= 11 is 1.88. The number of fused-ring (bicyclic) bond motifs is 12. The van der Waals surface area contributed by atoms with E-state index in [0.29, 0.717) is 5.82 Å². The maximum atomic E-state index is 6.39. The van der Waals surface area contributed by atoms with E-state index in [1.54, 1.807) is 0 Å². The van der Waals surface area contributed by atoms with Gasteiger partial charge in [0.2, 0.25) is 0 Å². The van der Waals surface area contributed by atoms with Crippen LogP contribution in [-0.4, -0.2) is 9.97 Å². The van der Waals surface area contributed by atoms with Crippen LogP contribution in [0.3, 0.4) is 0 Å². The van der Waals surface area contributed by atoms with Gasteiger partial charge in [0.05, 0.1) is 16.8 Å². The number of rotatable bonds is 5. The van der Waals surface area contributed by atoms with Crippen LogP contribution in [0.25, 0.3) is 89.2 Å². The molecule has 2 aliphatic rings. The van der Waals surface area contributed by atoms with E-state index in [2.05, 4.69) is 200 Å². The summed E-state index contributed by atoms with van der Waals surface area (Å²) in [6.07, 6.45) is 0. The van der Waals surface area contributed by atoms with E-state index in [-0.39, 0.29) is 0 Å². The van der Waals surface area contributed by atoms with Crippen LogP contribution in [0.2, 0.25) is 0 Å². The van der Waals surface area contributed by atoms with Crippen molar-refractivity contribution in [2.75, 3.05) is 0 Å². The lowest BCUT2D eigenvalue weighted by Gasteiger charge is -2.40. The molecule has 0 amide bonds. The molecule has 0 N–H and O–H groups in total. The summed E-state index contributed by atoms with van der Waals surface area (Å²) in [7, 11) is 0. The Morgan fingerprint density at radius 2 is 0.873 bits per heavy atom. The Labute approximate surface area is 369 Å². The molecule has 4 heteroatoms. The van der Waals surface area contributed by atoms with Crippen LogP contribution in [0, 0.1) is 0 Å². The maximum Gasteiger partial charge on any atom is 0.160 e. The largest absolute Gasteiger partial charge is 0.455 e. The molecule has 1 aliphatic heterocycles. The van der Waals surface area contributed by atoms with Gasteiger partial charge in [-0.25, -0.2) is 9.97 Å².